The fourth-order valence-electron chi connectivity index (χ4n) is 1.33. The molecule has 4 N–H and O–H groups in total. The van der Waals surface area contributed by atoms with Crippen molar-refractivity contribution < 1.29 is 5.11 Å². The molecule has 5 heteroatoms. The molecule has 0 aliphatic heterocycles. The van der Waals surface area contributed by atoms with Crippen molar-refractivity contribution >= 4 is 11.6 Å². The van der Waals surface area contributed by atoms with E-state index in [1.54, 1.807) is 6.07 Å². The molecule has 5 nitrogen and oxygen atoms in total. The molecular weight excluding hydrogens is 180 g/mol. The van der Waals surface area contributed by atoms with E-state index in [1.165, 1.54) is 6.33 Å². The first-order valence-electron chi connectivity index (χ1n) is 4.75. The Morgan fingerprint density at radius 1 is 1.57 bits per heavy atom. The third-order valence-electron chi connectivity index (χ3n) is 2.35. The maximum atomic E-state index is 9.58. The first-order valence-corrected chi connectivity index (χ1v) is 4.75. The van der Waals surface area contributed by atoms with Crippen LogP contribution < -0.4 is 11.1 Å². The zero-order chi connectivity index (χ0) is 9.97. The molecule has 0 saturated heterocycles. The summed E-state index contributed by atoms with van der Waals surface area (Å²) in [6, 6.07) is 1.65. The number of hydrogen-bond donors (Lipinski definition) is 3. The topological polar surface area (TPSA) is 84.1 Å². The highest BCUT2D eigenvalue weighted by Crippen LogP contribution is 2.32. The molecule has 1 heterocycles. The normalized spacial score (nSPS) is 17.8. The van der Waals surface area contributed by atoms with Crippen LogP contribution in [0.1, 0.15) is 12.8 Å². The molecule has 0 amide bonds. The van der Waals surface area contributed by atoms with Gasteiger partial charge in [0.05, 0.1) is 6.10 Å². The highest BCUT2D eigenvalue weighted by atomic mass is 16.3. The number of nitrogens with two attached hydrogens (primary N) is 1. The fraction of sp³-hybridized carbons (Fsp3) is 0.556. The Morgan fingerprint density at radius 2 is 2.36 bits per heavy atom. The van der Waals surface area contributed by atoms with E-state index in [0.717, 1.165) is 12.8 Å². The van der Waals surface area contributed by atoms with Crippen molar-refractivity contribution in [2.45, 2.75) is 18.9 Å². The average Bonchev–Trinajstić information content (AvgIpc) is 2.97. The molecule has 1 fully saturated rings. The summed E-state index contributed by atoms with van der Waals surface area (Å²) < 4.78 is 0. The van der Waals surface area contributed by atoms with Gasteiger partial charge in [0, 0.05) is 12.6 Å². The van der Waals surface area contributed by atoms with Crippen molar-refractivity contribution in [3.63, 3.8) is 0 Å². The van der Waals surface area contributed by atoms with Crippen LogP contribution in [0.15, 0.2) is 12.4 Å². The Balaban J connectivity index is 1.84. The van der Waals surface area contributed by atoms with Gasteiger partial charge in [0.1, 0.15) is 18.0 Å². The van der Waals surface area contributed by atoms with Crippen LogP contribution in [0, 0.1) is 5.92 Å². The molecule has 1 aliphatic rings. The number of aromatic nitrogens is 2. The van der Waals surface area contributed by atoms with Crippen molar-refractivity contribution in [1.29, 1.82) is 0 Å². The Hall–Kier alpha value is -1.36. The number of anilines is 2. The Bertz CT molecular complexity index is 313. The van der Waals surface area contributed by atoms with Crippen molar-refractivity contribution in [1.82, 2.24) is 9.97 Å². The van der Waals surface area contributed by atoms with Crippen LogP contribution in [0.4, 0.5) is 11.6 Å². The number of aliphatic hydroxyl groups excluding tert-OH is 1. The van der Waals surface area contributed by atoms with Gasteiger partial charge in [-0.1, -0.05) is 0 Å². The van der Waals surface area contributed by atoms with Crippen LogP contribution in [0.2, 0.25) is 0 Å². The van der Waals surface area contributed by atoms with Crippen LogP contribution in [0.3, 0.4) is 0 Å². The summed E-state index contributed by atoms with van der Waals surface area (Å²) in [5, 5.41) is 12.6. The maximum absolute atomic E-state index is 9.58. The van der Waals surface area contributed by atoms with E-state index in [4.69, 9.17) is 5.73 Å². The SMILES string of the molecule is Nc1cc(NCC(O)C2CC2)ncn1. The van der Waals surface area contributed by atoms with Crippen molar-refractivity contribution in [3.8, 4) is 0 Å². The molecule has 1 saturated carbocycles. The Morgan fingerprint density at radius 3 is 3.00 bits per heavy atom. The van der Waals surface area contributed by atoms with Crippen molar-refractivity contribution in [3.05, 3.63) is 12.4 Å². The van der Waals surface area contributed by atoms with Gasteiger partial charge in [-0.3, -0.25) is 0 Å². The average molecular weight is 194 g/mol. The molecule has 0 radical (unpaired) electrons. The summed E-state index contributed by atoms with van der Waals surface area (Å²) in [5.74, 6) is 1.57. The van der Waals surface area contributed by atoms with Crippen LogP contribution in [0.5, 0.6) is 0 Å². The van der Waals surface area contributed by atoms with E-state index in [9.17, 15) is 5.11 Å². The molecular formula is C9H14N4O. The summed E-state index contributed by atoms with van der Waals surface area (Å²) in [4.78, 5) is 7.76. The molecule has 14 heavy (non-hydrogen) atoms. The van der Waals surface area contributed by atoms with Gasteiger partial charge in [0.15, 0.2) is 0 Å². The summed E-state index contributed by atoms with van der Waals surface area (Å²) in [7, 11) is 0. The van der Waals surface area contributed by atoms with Gasteiger partial charge in [0.25, 0.3) is 0 Å². The Labute approximate surface area is 82.4 Å². The lowest BCUT2D eigenvalue weighted by molar-refractivity contribution is 0.164. The maximum Gasteiger partial charge on any atom is 0.131 e. The number of nitrogens with zero attached hydrogens (tertiary/aromatic N) is 2. The standard InChI is InChI=1S/C9H14N4O/c10-8-3-9(13-5-12-8)11-4-7(14)6-1-2-6/h3,5-7,14H,1-2,4H2,(H3,10,11,12,13). The van der Waals surface area contributed by atoms with E-state index in [2.05, 4.69) is 15.3 Å². The van der Waals surface area contributed by atoms with Gasteiger partial charge in [-0.05, 0) is 18.8 Å². The van der Waals surface area contributed by atoms with Gasteiger partial charge < -0.3 is 16.2 Å². The first kappa shape index (κ1) is 9.21. The number of nitrogens with one attached hydrogen (secondary N) is 1. The molecule has 1 atom stereocenters. The fourth-order valence-corrected chi connectivity index (χ4v) is 1.33. The van der Waals surface area contributed by atoms with Crippen molar-refractivity contribution in [2.24, 2.45) is 5.92 Å². The zero-order valence-electron chi connectivity index (χ0n) is 7.85. The van der Waals surface area contributed by atoms with Gasteiger partial charge in [0.2, 0.25) is 0 Å². The summed E-state index contributed by atoms with van der Waals surface area (Å²) >= 11 is 0. The Kier molecular flexibility index (Phi) is 2.49. The highest BCUT2D eigenvalue weighted by Gasteiger charge is 2.29. The number of rotatable bonds is 4. The number of nitrogen functional groups attached to an aromatic ring is 1. The lowest BCUT2D eigenvalue weighted by atomic mass is 10.2. The smallest absolute Gasteiger partial charge is 0.131 e. The van der Waals surface area contributed by atoms with Crippen LogP contribution in [0.25, 0.3) is 0 Å². The second kappa shape index (κ2) is 3.79. The summed E-state index contributed by atoms with van der Waals surface area (Å²) in [6.07, 6.45) is 3.40. The lowest BCUT2D eigenvalue weighted by Gasteiger charge is -2.10. The second-order valence-electron chi connectivity index (χ2n) is 3.61. The monoisotopic (exact) mass is 194 g/mol. The molecule has 76 valence electrons. The lowest BCUT2D eigenvalue weighted by Crippen LogP contribution is -2.21. The minimum atomic E-state index is -0.272. The second-order valence-corrected chi connectivity index (χ2v) is 3.61. The molecule has 1 aromatic heterocycles. The third kappa shape index (κ3) is 2.32. The number of hydrogen-bond acceptors (Lipinski definition) is 5. The minimum absolute atomic E-state index is 0.272. The first-order chi connectivity index (χ1) is 6.75. The van der Waals surface area contributed by atoms with E-state index < -0.39 is 0 Å². The third-order valence-corrected chi connectivity index (χ3v) is 2.35. The quantitative estimate of drug-likeness (QED) is 0.639. The highest BCUT2D eigenvalue weighted by molar-refractivity contribution is 5.43. The van der Waals surface area contributed by atoms with Crippen LogP contribution in [-0.2, 0) is 0 Å². The van der Waals surface area contributed by atoms with E-state index in [-0.39, 0.29) is 6.10 Å². The molecule has 2 rings (SSSR count). The largest absolute Gasteiger partial charge is 0.391 e. The number of aliphatic hydroxyl groups is 1. The molecule has 0 bridgehead atoms. The minimum Gasteiger partial charge on any atom is -0.391 e. The molecule has 0 spiro atoms. The molecule has 1 aliphatic carbocycles. The van der Waals surface area contributed by atoms with Crippen LogP contribution in [-0.4, -0.2) is 27.7 Å². The molecule has 1 unspecified atom stereocenters. The van der Waals surface area contributed by atoms with E-state index >= 15 is 0 Å². The van der Waals surface area contributed by atoms with E-state index in [1.807, 2.05) is 0 Å². The zero-order valence-corrected chi connectivity index (χ0v) is 7.85. The predicted octanol–water partition coefficient (Wildman–Crippen LogP) is 0.242. The summed E-state index contributed by atoms with van der Waals surface area (Å²) in [5.41, 5.74) is 5.48. The summed E-state index contributed by atoms with van der Waals surface area (Å²) in [6.45, 7) is 0.529. The van der Waals surface area contributed by atoms with Gasteiger partial charge in [-0.2, -0.15) is 0 Å². The van der Waals surface area contributed by atoms with Gasteiger partial charge in [-0.15, -0.1) is 0 Å². The van der Waals surface area contributed by atoms with Gasteiger partial charge in [-0.25, -0.2) is 9.97 Å². The van der Waals surface area contributed by atoms with Crippen molar-refractivity contribution in [2.75, 3.05) is 17.6 Å². The predicted molar refractivity (Wildman–Crippen MR) is 53.7 cm³/mol. The molecule has 1 aromatic rings. The molecule has 0 aromatic carbocycles. The van der Waals surface area contributed by atoms with E-state index in [0.29, 0.717) is 24.1 Å². The van der Waals surface area contributed by atoms with Gasteiger partial charge >= 0.3 is 0 Å². The van der Waals surface area contributed by atoms with Crippen LogP contribution >= 0.6 is 0 Å².